The number of aliphatic hydroxyl groups is 3. The van der Waals surface area contributed by atoms with E-state index in [1.807, 2.05) is 0 Å². The lowest BCUT2D eigenvalue weighted by molar-refractivity contribution is -0.124. The second kappa shape index (κ2) is 27.9. The van der Waals surface area contributed by atoms with Crippen LogP contribution in [0, 0.1) is 0 Å². The molecule has 0 heterocycles. The smallest absolute Gasteiger partial charge is 0.220 e. The summed E-state index contributed by atoms with van der Waals surface area (Å²) in [6.07, 6.45) is 29.9. The highest BCUT2D eigenvalue weighted by Gasteiger charge is 2.26. The normalized spacial score (nSPS) is 14.4. The summed E-state index contributed by atoms with van der Waals surface area (Å²) in [5.41, 5.74) is 0. The van der Waals surface area contributed by atoms with Crippen LogP contribution in [0.3, 0.4) is 0 Å². The van der Waals surface area contributed by atoms with Crippen molar-refractivity contribution in [1.29, 1.82) is 0 Å². The van der Waals surface area contributed by atoms with E-state index < -0.39 is 18.2 Å². The van der Waals surface area contributed by atoms with Crippen LogP contribution in [0.25, 0.3) is 0 Å². The van der Waals surface area contributed by atoms with E-state index >= 15 is 0 Å². The SMILES string of the molecule is CCCCCC/C=C\CCCC(=O)NC(CO)C(O)C(O)CCC/C=C/CCCCCCCCCCC. The zero-order valence-corrected chi connectivity index (χ0v) is 24.3. The van der Waals surface area contributed by atoms with Crippen LogP contribution in [0.2, 0.25) is 0 Å². The molecule has 0 aliphatic heterocycles. The van der Waals surface area contributed by atoms with Gasteiger partial charge in [0.05, 0.1) is 18.8 Å². The monoisotopic (exact) mass is 523 g/mol. The van der Waals surface area contributed by atoms with E-state index in [4.69, 9.17) is 0 Å². The predicted octanol–water partition coefficient (Wildman–Crippen LogP) is 7.53. The number of hydrogen-bond acceptors (Lipinski definition) is 4. The number of allylic oxidation sites excluding steroid dienone is 4. The molecule has 0 saturated carbocycles. The van der Waals surface area contributed by atoms with Gasteiger partial charge in [0, 0.05) is 6.42 Å². The van der Waals surface area contributed by atoms with Crippen LogP contribution < -0.4 is 5.32 Å². The third-order valence-corrected chi connectivity index (χ3v) is 7.03. The van der Waals surface area contributed by atoms with Crippen molar-refractivity contribution in [3.8, 4) is 0 Å². The van der Waals surface area contributed by atoms with E-state index in [9.17, 15) is 20.1 Å². The highest BCUT2D eigenvalue weighted by atomic mass is 16.3. The molecule has 3 atom stereocenters. The molecule has 0 fully saturated rings. The van der Waals surface area contributed by atoms with Crippen molar-refractivity contribution in [3.05, 3.63) is 24.3 Å². The molecule has 0 aromatic carbocycles. The summed E-state index contributed by atoms with van der Waals surface area (Å²) in [7, 11) is 0. The minimum Gasteiger partial charge on any atom is -0.394 e. The molecule has 5 heteroatoms. The van der Waals surface area contributed by atoms with Crippen molar-refractivity contribution >= 4 is 5.91 Å². The van der Waals surface area contributed by atoms with Gasteiger partial charge in [-0.3, -0.25) is 4.79 Å². The van der Waals surface area contributed by atoms with Crippen LogP contribution in [-0.2, 0) is 4.79 Å². The number of carbonyl (C=O) groups is 1. The molecule has 0 aliphatic rings. The molecule has 0 spiro atoms. The number of carbonyl (C=O) groups excluding carboxylic acids is 1. The minimum atomic E-state index is -1.16. The van der Waals surface area contributed by atoms with Crippen LogP contribution in [0.15, 0.2) is 24.3 Å². The van der Waals surface area contributed by atoms with Gasteiger partial charge in [0.1, 0.15) is 6.10 Å². The lowest BCUT2D eigenvalue weighted by atomic mass is 10.0. The lowest BCUT2D eigenvalue weighted by Crippen LogP contribution is -2.50. The van der Waals surface area contributed by atoms with Gasteiger partial charge >= 0.3 is 0 Å². The summed E-state index contributed by atoms with van der Waals surface area (Å²) in [5, 5.41) is 33.0. The summed E-state index contributed by atoms with van der Waals surface area (Å²) >= 11 is 0. The summed E-state index contributed by atoms with van der Waals surface area (Å²) < 4.78 is 0. The van der Waals surface area contributed by atoms with Crippen molar-refractivity contribution in [3.63, 3.8) is 0 Å². The predicted molar refractivity (Wildman–Crippen MR) is 158 cm³/mol. The molecule has 218 valence electrons. The molecule has 5 nitrogen and oxygen atoms in total. The first-order chi connectivity index (χ1) is 18.1. The summed E-state index contributed by atoms with van der Waals surface area (Å²) in [6.45, 7) is 4.08. The molecular formula is C32H61NO4. The Bertz CT molecular complexity index is 549. The van der Waals surface area contributed by atoms with Gasteiger partial charge in [0.25, 0.3) is 0 Å². The first-order valence-electron chi connectivity index (χ1n) is 15.6. The number of amides is 1. The Labute approximate surface area is 229 Å². The maximum Gasteiger partial charge on any atom is 0.220 e. The maximum absolute atomic E-state index is 12.2. The molecule has 3 unspecified atom stereocenters. The Kier molecular flexibility index (Phi) is 27.0. The zero-order chi connectivity index (χ0) is 27.4. The van der Waals surface area contributed by atoms with Crippen LogP contribution in [0.4, 0.5) is 0 Å². The Morgan fingerprint density at radius 2 is 1.08 bits per heavy atom. The fourth-order valence-corrected chi connectivity index (χ4v) is 4.52. The van der Waals surface area contributed by atoms with E-state index in [1.54, 1.807) is 0 Å². The Morgan fingerprint density at radius 1 is 0.649 bits per heavy atom. The lowest BCUT2D eigenvalue weighted by Gasteiger charge is -2.26. The molecule has 0 radical (unpaired) electrons. The number of rotatable bonds is 27. The van der Waals surface area contributed by atoms with E-state index in [2.05, 4.69) is 43.5 Å². The van der Waals surface area contributed by atoms with E-state index in [1.165, 1.54) is 83.5 Å². The third-order valence-electron chi connectivity index (χ3n) is 7.03. The van der Waals surface area contributed by atoms with Gasteiger partial charge < -0.3 is 20.6 Å². The summed E-state index contributed by atoms with van der Waals surface area (Å²) in [4.78, 5) is 12.2. The van der Waals surface area contributed by atoms with Gasteiger partial charge in [-0.15, -0.1) is 0 Å². The van der Waals surface area contributed by atoms with Crippen LogP contribution in [-0.4, -0.2) is 46.1 Å². The molecule has 0 rings (SSSR count). The summed E-state index contributed by atoms with van der Waals surface area (Å²) in [5.74, 6) is -0.193. The molecule has 4 N–H and O–H groups in total. The van der Waals surface area contributed by atoms with Gasteiger partial charge in [-0.25, -0.2) is 0 Å². The molecule has 0 aromatic rings. The number of hydrogen-bond donors (Lipinski definition) is 4. The van der Waals surface area contributed by atoms with Crippen molar-refractivity contribution in [2.45, 2.75) is 167 Å². The van der Waals surface area contributed by atoms with Crippen molar-refractivity contribution < 1.29 is 20.1 Å². The highest BCUT2D eigenvalue weighted by molar-refractivity contribution is 5.76. The molecule has 1 amide bonds. The van der Waals surface area contributed by atoms with Crippen molar-refractivity contribution in [2.75, 3.05) is 6.61 Å². The fourth-order valence-electron chi connectivity index (χ4n) is 4.52. The van der Waals surface area contributed by atoms with E-state index in [0.717, 1.165) is 38.5 Å². The summed E-state index contributed by atoms with van der Waals surface area (Å²) in [6, 6.07) is -0.834. The van der Waals surface area contributed by atoms with Gasteiger partial charge in [-0.2, -0.15) is 0 Å². The standard InChI is InChI=1S/C32H61NO4/c1-3-5-7-9-11-13-14-15-16-17-19-20-22-24-26-30(35)32(37)29(28-34)33-31(36)27-25-23-21-18-12-10-8-6-4-2/h18-21,29-30,32,34-35,37H,3-17,22-28H2,1-2H3,(H,33,36)/b20-19+,21-18-. The Morgan fingerprint density at radius 3 is 1.59 bits per heavy atom. The number of aliphatic hydroxyl groups excluding tert-OH is 3. The average Bonchev–Trinajstić information content (AvgIpc) is 2.90. The second-order valence-electron chi connectivity index (χ2n) is 10.6. The number of nitrogens with one attached hydrogen (secondary N) is 1. The molecule has 0 bridgehead atoms. The molecular weight excluding hydrogens is 462 g/mol. The quantitative estimate of drug-likeness (QED) is 0.0661. The van der Waals surface area contributed by atoms with Crippen molar-refractivity contribution in [1.82, 2.24) is 5.32 Å². The molecule has 37 heavy (non-hydrogen) atoms. The van der Waals surface area contributed by atoms with E-state index in [0.29, 0.717) is 12.8 Å². The number of unbranched alkanes of at least 4 members (excludes halogenated alkanes) is 15. The van der Waals surface area contributed by atoms with Crippen LogP contribution in [0.1, 0.15) is 149 Å². The van der Waals surface area contributed by atoms with Gasteiger partial charge in [0.2, 0.25) is 5.91 Å². The largest absolute Gasteiger partial charge is 0.394 e. The molecule has 0 aliphatic carbocycles. The maximum atomic E-state index is 12.2. The molecule has 0 aromatic heterocycles. The second-order valence-corrected chi connectivity index (χ2v) is 10.6. The van der Waals surface area contributed by atoms with Gasteiger partial charge in [0.15, 0.2) is 0 Å². The Balaban J connectivity index is 3.84. The van der Waals surface area contributed by atoms with Crippen molar-refractivity contribution in [2.24, 2.45) is 0 Å². The molecule has 0 saturated heterocycles. The van der Waals surface area contributed by atoms with Gasteiger partial charge in [-0.1, -0.05) is 109 Å². The Hall–Kier alpha value is -1.17. The first kappa shape index (κ1) is 35.8. The highest BCUT2D eigenvalue weighted by Crippen LogP contribution is 2.12. The minimum absolute atomic E-state index is 0.193. The van der Waals surface area contributed by atoms with Crippen LogP contribution >= 0.6 is 0 Å². The topological polar surface area (TPSA) is 89.8 Å². The zero-order valence-electron chi connectivity index (χ0n) is 24.3. The fraction of sp³-hybridized carbons (Fsp3) is 0.844. The van der Waals surface area contributed by atoms with E-state index in [-0.39, 0.29) is 12.5 Å². The van der Waals surface area contributed by atoms with Crippen LogP contribution in [0.5, 0.6) is 0 Å². The van der Waals surface area contributed by atoms with Gasteiger partial charge in [-0.05, 0) is 57.8 Å². The average molecular weight is 524 g/mol. The first-order valence-corrected chi connectivity index (χ1v) is 15.6. The third kappa shape index (κ3) is 23.7.